The number of nitrogens with zero attached hydrogens (tertiary/aromatic N) is 3. The fourth-order valence-electron chi connectivity index (χ4n) is 3.29. The first-order chi connectivity index (χ1) is 12.9. The smallest absolute Gasteiger partial charge is 0.270 e. The van der Waals surface area contributed by atoms with Crippen LogP contribution in [0.2, 0.25) is 0 Å². The first-order valence-electron chi connectivity index (χ1n) is 8.74. The molecule has 27 heavy (non-hydrogen) atoms. The fourth-order valence-corrected chi connectivity index (χ4v) is 3.29. The van der Waals surface area contributed by atoms with Crippen LogP contribution < -0.4 is 10.2 Å². The average Bonchev–Trinajstić information content (AvgIpc) is 2.64. The predicted octanol–water partition coefficient (Wildman–Crippen LogP) is 3.00. The molecule has 0 atom stereocenters. The van der Waals surface area contributed by atoms with Gasteiger partial charge in [-0.25, -0.2) is 0 Å². The van der Waals surface area contributed by atoms with E-state index in [4.69, 9.17) is 4.74 Å². The number of ether oxygens (including phenoxy) is 1. The lowest BCUT2D eigenvalue weighted by atomic mass is 10.1. The number of rotatable bonds is 4. The molecule has 2 heterocycles. The van der Waals surface area contributed by atoms with Crippen molar-refractivity contribution in [1.82, 2.24) is 4.98 Å². The van der Waals surface area contributed by atoms with Gasteiger partial charge in [0.1, 0.15) is 0 Å². The Morgan fingerprint density at radius 2 is 1.93 bits per heavy atom. The van der Waals surface area contributed by atoms with Crippen molar-refractivity contribution in [2.45, 2.75) is 20.8 Å². The minimum absolute atomic E-state index is 0.118. The Morgan fingerprint density at radius 3 is 2.56 bits per heavy atom. The highest BCUT2D eigenvalue weighted by Crippen LogP contribution is 2.28. The number of carbonyl (C=O) groups is 1. The summed E-state index contributed by atoms with van der Waals surface area (Å²) in [5, 5.41) is 14.1. The second-order valence-electron chi connectivity index (χ2n) is 6.55. The summed E-state index contributed by atoms with van der Waals surface area (Å²) in [6.07, 6.45) is 0. The number of aromatic nitrogens is 1. The van der Waals surface area contributed by atoms with E-state index >= 15 is 0 Å². The van der Waals surface area contributed by atoms with Gasteiger partial charge in [0.25, 0.3) is 11.6 Å². The van der Waals surface area contributed by atoms with Crippen molar-refractivity contribution in [3.8, 4) is 0 Å². The number of hydrogen-bond acceptors (Lipinski definition) is 6. The number of aryl methyl sites for hydroxylation is 3. The van der Waals surface area contributed by atoms with Crippen LogP contribution in [0.15, 0.2) is 24.3 Å². The molecule has 3 rings (SSSR count). The van der Waals surface area contributed by atoms with Gasteiger partial charge in [-0.1, -0.05) is 0 Å². The highest BCUT2D eigenvalue weighted by atomic mass is 16.6. The van der Waals surface area contributed by atoms with E-state index in [1.165, 1.54) is 12.1 Å². The molecule has 0 spiro atoms. The molecule has 0 unspecified atom stereocenters. The van der Waals surface area contributed by atoms with Crippen LogP contribution in [-0.2, 0) is 4.74 Å². The Morgan fingerprint density at radius 1 is 1.22 bits per heavy atom. The van der Waals surface area contributed by atoms with Crippen LogP contribution >= 0.6 is 0 Å². The second kappa shape index (κ2) is 7.71. The standard InChI is InChI=1S/C19H22N4O4/c1-12-10-13(2)20-14(3)18(12)21-19(24)16-11-15(23(25)26)4-5-17(16)22-6-8-27-9-7-22/h4-5,10-11H,6-9H2,1-3H3,(H,21,24). The Labute approximate surface area is 157 Å². The van der Waals surface area contributed by atoms with Gasteiger partial charge < -0.3 is 15.0 Å². The van der Waals surface area contributed by atoms with Gasteiger partial charge in [-0.15, -0.1) is 0 Å². The molecule has 1 N–H and O–H groups in total. The Balaban J connectivity index is 1.99. The van der Waals surface area contributed by atoms with Gasteiger partial charge in [-0.2, -0.15) is 0 Å². The lowest BCUT2D eigenvalue weighted by Crippen LogP contribution is -2.37. The lowest BCUT2D eigenvalue weighted by Gasteiger charge is -2.30. The molecule has 142 valence electrons. The number of amides is 1. The van der Waals surface area contributed by atoms with Gasteiger partial charge in [0.05, 0.1) is 40.8 Å². The summed E-state index contributed by atoms with van der Waals surface area (Å²) in [6.45, 7) is 7.98. The third kappa shape index (κ3) is 4.06. The zero-order valence-electron chi connectivity index (χ0n) is 15.6. The first-order valence-corrected chi connectivity index (χ1v) is 8.74. The summed E-state index contributed by atoms with van der Waals surface area (Å²) in [6, 6.07) is 6.27. The quantitative estimate of drug-likeness (QED) is 0.656. The van der Waals surface area contributed by atoms with Crippen LogP contribution in [0.3, 0.4) is 0 Å². The summed E-state index contributed by atoms with van der Waals surface area (Å²) in [5.41, 5.74) is 3.91. The molecule has 0 bridgehead atoms. The second-order valence-corrected chi connectivity index (χ2v) is 6.55. The molecule has 1 aliphatic rings. The fraction of sp³-hybridized carbons (Fsp3) is 0.368. The Hall–Kier alpha value is -3.00. The van der Waals surface area contributed by atoms with Crippen molar-refractivity contribution in [1.29, 1.82) is 0 Å². The maximum Gasteiger partial charge on any atom is 0.270 e. The third-order valence-electron chi connectivity index (χ3n) is 4.55. The van der Waals surface area contributed by atoms with Crippen LogP contribution in [-0.4, -0.2) is 42.1 Å². The van der Waals surface area contributed by atoms with Crippen molar-refractivity contribution in [3.05, 3.63) is 56.9 Å². The first kappa shape index (κ1) is 18.8. The number of benzene rings is 1. The molecule has 1 aromatic heterocycles. The Bertz CT molecular complexity index is 868. The van der Waals surface area contributed by atoms with E-state index in [9.17, 15) is 14.9 Å². The van der Waals surface area contributed by atoms with Crippen LogP contribution in [0.25, 0.3) is 0 Å². The molecule has 1 aliphatic heterocycles. The van der Waals surface area contributed by atoms with E-state index < -0.39 is 10.8 Å². The number of nitro groups is 1. The lowest BCUT2D eigenvalue weighted by molar-refractivity contribution is -0.384. The molecule has 8 heteroatoms. The Kier molecular flexibility index (Phi) is 5.36. The maximum atomic E-state index is 13.0. The van der Waals surface area contributed by atoms with Crippen molar-refractivity contribution >= 4 is 23.0 Å². The van der Waals surface area contributed by atoms with E-state index in [-0.39, 0.29) is 11.3 Å². The number of nitro benzene ring substituents is 1. The SMILES string of the molecule is Cc1cc(C)c(NC(=O)c2cc([N+](=O)[O-])ccc2N2CCOCC2)c(C)n1. The molecule has 2 aromatic rings. The largest absolute Gasteiger partial charge is 0.378 e. The molecule has 0 aliphatic carbocycles. The van der Waals surface area contributed by atoms with Crippen LogP contribution in [0.1, 0.15) is 27.3 Å². The molecular formula is C19H22N4O4. The molecule has 0 radical (unpaired) electrons. The van der Waals surface area contributed by atoms with Gasteiger partial charge in [0.15, 0.2) is 0 Å². The van der Waals surface area contributed by atoms with Gasteiger partial charge in [-0.05, 0) is 38.5 Å². The van der Waals surface area contributed by atoms with Gasteiger partial charge in [0, 0.05) is 30.9 Å². The number of pyridine rings is 1. The predicted molar refractivity (Wildman–Crippen MR) is 103 cm³/mol. The molecule has 1 saturated heterocycles. The zero-order chi connectivity index (χ0) is 19.6. The van der Waals surface area contributed by atoms with E-state index in [1.54, 1.807) is 6.07 Å². The van der Waals surface area contributed by atoms with E-state index in [0.29, 0.717) is 43.4 Å². The molecule has 1 amide bonds. The van der Waals surface area contributed by atoms with Crippen LogP contribution in [0.5, 0.6) is 0 Å². The minimum atomic E-state index is -0.496. The molecule has 8 nitrogen and oxygen atoms in total. The molecule has 0 saturated carbocycles. The van der Waals surface area contributed by atoms with E-state index in [2.05, 4.69) is 10.3 Å². The number of carbonyl (C=O) groups excluding carboxylic acids is 1. The van der Waals surface area contributed by atoms with E-state index in [1.807, 2.05) is 31.7 Å². The summed E-state index contributed by atoms with van der Waals surface area (Å²) in [7, 11) is 0. The number of nitrogens with one attached hydrogen (secondary N) is 1. The van der Waals surface area contributed by atoms with E-state index in [0.717, 1.165) is 11.3 Å². The normalized spacial score (nSPS) is 14.1. The number of morpholine rings is 1. The number of hydrogen-bond donors (Lipinski definition) is 1. The molecule has 1 aromatic carbocycles. The third-order valence-corrected chi connectivity index (χ3v) is 4.55. The van der Waals surface area contributed by atoms with Gasteiger partial charge in [-0.3, -0.25) is 19.9 Å². The van der Waals surface area contributed by atoms with Crippen molar-refractivity contribution in [2.24, 2.45) is 0 Å². The summed E-state index contributed by atoms with van der Waals surface area (Å²) < 4.78 is 5.36. The maximum absolute atomic E-state index is 13.0. The zero-order valence-corrected chi connectivity index (χ0v) is 15.6. The highest BCUT2D eigenvalue weighted by Gasteiger charge is 2.23. The molecular weight excluding hydrogens is 348 g/mol. The molecule has 1 fully saturated rings. The average molecular weight is 370 g/mol. The monoisotopic (exact) mass is 370 g/mol. The number of anilines is 2. The van der Waals surface area contributed by atoms with Crippen molar-refractivity contribution in [3.63, 3.8) is 0 Å². The number of non-ortho nitro benzene ring substituents is 1. The highest BCUT2D eigenvalue weighted by molar-refractivity contribution is 6.09. The van der Waals surface area contributed by atoms with Crippen molar-refractivity contribution < 1.29 is 14.5 Å². The minimum Gasteiger partial charge on any atom is -0.378 e. The topological polar surface area (TPSA) is 97.6 Å². The summed E-state index contributed by atoms with van der Waals surface area (Å²) in [5.74, 6) is -0.392. The van der Waals surface area contributed by atoms with Gasteiger partial charge >= 0.3 is 0 Å². The summed E-state index contributed by atoms with van der Waals surface area (Å²) >= 11 is 0. The summed E-state index contributed by atoms with van der Waals surface area (Å²) in [4.78, 5) is 30.1. The van der Waals surface area contributed by atoms with Gasteiger partial charge in [0.2, 0.25) is 0 Å². The van der Waals surface area contributed by atoms with Crippen molar-refractivity contribution in [2.75, 3.05) is 36.5 Å². The van der Waals surface area contributed by atoms with Crippen LogP contribution in [0, 0.1) is 30.9 Å². The van der Waals surface area contributed by atoms with Crippen LogP contribution in [0.4, 0.5) is 17.1 Å².